The molecule has 3 atom stereocenters. The molecule has 51 heavy (non-hydrogen) atoms. The number of pyridine rings is 1. The molecular weight excluding hydrogens is 670 g/mol. The Kier molecular flexibility index (Phi) is 9.36. The number of aromatic nitrogens is 1. The number of aliphatic hydroxyl groups is 1. The summed E-state index contributed by atoms with van der Waals surface area (Å²) in [5.74, 6) is -2.82. The van der Waals surface area contributed by atoms with E-state index in [1.165, 1.54) is 31.0 Å². The number of carbonyl (C=O) groups excluding carboxylic acids is 1. The van der Waals surface area contributed by atoms with Crippen LogP contribution in [0.4, 0.5) is 18.0 Å². The van der Waals surface area contributed by atoms with E-state index in [1.807, 2.05) is 42.2 Å². The van der Waals surface area contributed by atoms with Crippen LogP contribution in [0.25, 0.3) is 28.0 Å². The van der Waals surface area contributed by atoms with Crippen LogP contribution in [0.2, 0.25) is 0 Å². The molecule has 0 bridgehead atoms. The van der Waals surface area contributed by atoms with Gasteiger partial charge in [0.05, 0.1) is 18.4 Å². The van der Waals surface area contributed by atoms with Gasteiger partial charge in [-0.25, -0.2) is 18.2 Å². The van der Waals surface area contributed by atoms with Crippen LogP contribution in [0.15, 0.2) is 73.4 Å². The van der Waals surface area contributed by atoms with Crippen LogP contribution in [-0.4, -0.2) is 33.4 Å². The first kappa shape index (κ1) is 36.5. The molecule has 1 aromatic heterocycles. The highest BCUT2D eigenvalue weighted by molar-refractivity contribution is 8.14. The Balaban J connectivity index is 1.46. The number of benzene rings is 3. The molecular formula is C42H45F3N2O3S. The van der Waals surface area contributed by atoms with Crippen molar-refractivity contribution in [3.63, 3.8) is 0 Å². The third-order valence-electron chi connectivity index (χ3n) is 10.2. The van der Waals surface area contributed by atoms with Gasteiger partial charge < -0.3 is 14.7 Å². The van der Waals surface area contributed by atoms with Gasteiger partial charge in [-0.05, 0) is 96.2 Å². The first-order chi connectivity index (χ1) is 23.8. The lowest BCUT2D eigenvalue weighted by Crippen LogP contribution is -2.31. The third kappa shape index (κ3) is 7.02. The maximum atomic E-state index is 15.4. The van der Waals surface area contributed by atoms with Crippen molar-refractivity contribution in [1.82, 2.24) is 9.88 Å². The van der Waals surface area contributed by atoms with Crippen LogP contribution in [0.5, 0.6) is 5.88 Å². The fourth-order valence-corrected chi connectivity index (χ4v) is 8.61. The van der Waals surface area contributed by atoms with E-state index in [0.29, 0.717) is 46.5 Å². The summed E-state index contributed by atoms with van der Waals surface area (Å²) < 4.78 is 51.0. The van der Waals surface area contributed by atoms with E-state index in [1.54, 1.807) is 32.2 Å². The molecule has 0 aliphatic carbocycles. The predicted molar refractivity (Wildman–Crippen MR) is 200 cm³/mol. The highest BCUT2D eigenvalue weighted by atomic mass is 32.2. The van der Waals surface area contributed by atoms with Crippen molar-refractivity contribution in [2.45, 2.75) is 95.6 Å². The Bertz CT molecular complexity index is 1990. The van der Waals surface area contributed by atoms with Gasteiger partial charge in [-0.2, -0.15) is 0 Å². The zero-order valence-corrected chi connectivity index (χ0v) is 31.2. The highest BCUT2D eigenvalue weighted by Crippen LogP contribution is 2.56. The number of hydrogen-bond donors (Lipinski definition) is 1. The number of hydrogen-bond acceptors (Lipinski definition) is 5. The number of ether oxygens (including phenoxy) is 1. The van der Waals surface area contributed by atoms with Gasteiger partial charge in [0.15, 0.2) is 0 Å². The fraction of sp³-hybridized carbons (Fsp3) is 0.381. The van der Waals surface area contributed by atoms with Gasteiger partial charge in [0.2, 0.25) is 5.88 Å². The summed E-state index contributed by atoms with van der Waals surface area (Å²) in [4.78, 5) is 20.5. The van der Waals surface area contributed by atoms with E-state index in [-0.39, 0.29) is 33.3 Å². The minimum atomic E-state index is -3.11. The zero-order chi connectivity index (χ0) is 37.2. The zero-order valence-electron chi connectivity index (χ0n) is 30.4. The monoisotopic (exact) mass is 714 g/mol. The van der Waals surface area contributed by atoms with Crippen LogP contribution in [0, 0.1) is 6.92 Å². The molecule has 3 heterocycles. The molecule has 1 amide bonds. The summed E-state index contributed by atoms with van der Waals surface area (Å²) in [6, 6.07) is 17.3. The van der Waals surface area contributed by atoms with E-state index in [0.717, 1.165) is 34.7 Å². The molecule has 0 radical (unpaired) electrons. The molecule has 1 N–H and O–H groups in total. The van der Waals surface area contributed by atoms with Crippen molar-refractivity contribution in [2.75, 3.05) is 7.11 Å². The number of amides is 1. The molecule has 9 heteroatoms. The van der Waals surface area contributed by atoms with Gasteiger partial charge in [0.25, 0.3) is 11.2 Å². The topological polar surface area (TPSA) is 62.7 Å². The lowest BCUT2D eigenvalue weighted by Gasteiger charge is -2.29. The van der Waals surface area contributed by atoms with Gasteiger partial charge in [0, 0.05) is 41.4 Å². The third-order valence-corrected chi connectivity index (χ3v) is 11.4. The lowest BCUT2D eigenvalue weighted by molar-refractivity contribution is 0.0173. The van der Waals surface area contributed by atoms with Crippen LogP contribution in [-0.2, 0) is 17.0 Å². The summed E-state index contributed by atoms with van der Waals surface area (Å²) >= 11 is 1.23. The molecule has 3 aromatic carbocycles. The minimum absolute atomic E-state index is 0.0315. The van der Waals surface area contributed by atoms with Gasteiger partial charge in [-0.3, -0.25) is 4.79 Å². The maximum absolute atomic E-state index is 15.4. The number of rotatable bonds is 8. The summed E-state index contributed by atoms with van der Waals surface area (Å²) in [5.41, 5.74) is 5.50. The number of halogens is 3. The van der Waals surface area contributed by atoms with Crippen molar-refractivity contribution in [1.29, 1.82) is 0 Å². The number of methoxy groups -OCH3 is 1. The van der Waals surface area contributed by atoms with Crippen molar-refractivity contribution in [3.8, 4) is 28.1 Å². The Morgan fingerprint density at radius 2 is 1.59 bits per heavy atom. The van der Waals surface area contributed by atoms with Gasteiger partial charge in [-0.1, -0.05) is 81.6 Å². The van der Waals surface area contributed by atoms with Crippen molar-refractivity contribution in [3.05, 3.63) is 112 Å². The number of aliphatic hydroxyl groups excluding tert-OH is 1. The average molecular weight is 715 g/mol. The largest absolute Gasteiger partial charge is 0.508 e. The second kappa shape index (κ2) is 13.1. The van der Waals surface area contributed by atoms with Crippen LogP contribution < -0.4 is 4.74 Å². The number of nitrogens with zero attached hydrogens (tertiary/aromatic N) is 2. The smallest absolute Gasteiger partial charge is 0.283 e. The van der Waals surface area contributed by atoms with E-state index in [2.05, 4.69) is 38.4 Å². The number of thioether (sulfide) groups is 1. The Labute approximate surface area is 303 Å². The van der Waals surface area contributed by atoms with Gasteiger partial charge in [-0.15, -0.1) is 0 Å². The van der Waals surface area contributed by atoms with E-state index in [4.69, 9.17) is 4.74 Å². The molecule has 4 aromatic rings. The molecule has 0 unspecified atom stereocenters. The molecule has 2 saturated heterocycles. The van der Waals surface area contributed by atoms with Gasteiger partial charge >= 0.3 is 0 Å². The van der Waals surface area contributed by atoms with Crippen molar-refractivity contribution in [2.24, 2.45) is 0 Å². The summed E-state index contributed by atoms with van der Waals surface area (Å²) in [5, 5.41) is 9.54. The van der Waals surface area contributed by atoms with E-state index >= 15 is 4.39 Å². The fourth-order valence-electron chi connectivity index (χ4n) is 7.31. The second-order valence-electron chi connectivity index (χ2n) is 15.4. The Morgan fingerprint density at radius 1 is 0.902 bits per heavy atom. The maximum Gasteiger partial charge on any atom is 0.283 e. The second-order valence-corrected chi connectivity index (χ2v) is 16.5. The Morgan fingerprint density at radius 3 is 2.20 bits per heavy atom. The molecule has 2 aliphatic heterocycles. The number of fused-ring (bicyclic) bond motifs is 1. The van der Waals surface area contributed by atoms with E-state index < -0.39 is 17.6 Å². The van der Waals surface area contributed by atoms with Gasteiger partial charge in [0.1, 0.15) is 11.4 Å². The molecule has 2 fully saturated rings. The molecule has 2 aliphatic rings. The molecule has 6 rings (SSSR count). The summed E-state index contributed by atoms with van der Waals surface area (Å²) in [6.07, 6.45) is 2.92. The average Bonchev–Trinajstić information content (AvgIpc) is 3.63. The molecule has 268 valence electrons. The molecule has 0 saturated carbocycles. The van der Waals surface area contributed by atoms with Crippen LogP contribution in [0.1, 0.15) is 105 Å². The molecule has 5 nitrogen and oxygen atoms in total. The van der Waals surface area contributed by atoms with Crippen molar-refractivity contribution < 1.29 is 27.8 Å². The molecule has 0 spiro atoms. The Hall–Kier alpha value is -4.24. The standard InChI is InChI=1S/C42H45F3N2O3S/c1-23-16-25(24(2)48)10-12-31(23)27-19-34(38(50-9)46-22-27)32-13-11-28(42(8,44)45)21-33(32)35-14-15-36-37(51-39(49)47(35)36)26-17-29(40(3,4)5)20-30(18-26)41(6,7)43/h10-13,16-22,35-37,48H,2,14-15H2,1,3-9H3/t35-,36-,37+/m0/s1. The highest BCUT2D eigenvalue weighted by Gasteiger charge is 2.50. The SMILES string of the molecule is C=C(O)c1ccc(-c2cnc(OC)c(-c3ccc(C(C)(F)F)cc3[C@@H]3CC[C@H]4[C@@H](c5cc(C(C)(C)C)cc(C(C)(C)F)c5)SC(=O)N34)c2)c(C)c1. The number of aryl methyl sites for hydroxylation is 1. The summed E-state index contributed by atoms with van der Waals surface area (Å²) in [7, 11) is 1.52. The summed E-state index contributed by atoms with van der Waals surface area (Å²) in [6.45, 7) is 15.8. The number of alkyl halides is 3. The predicted octanol–water partition coefficient (Wildman–Crippen LogP) is 12.0. The quantitative estimate of drug-likeness (QED) is 0.184. The first-order valence-corrected chi connectivity index (χ1v) is 18.1. The van der Waals surface area contributed by atoms with Crippen LogP contribution in [0.3, 0.4) is 0 Å². The number of carbonyl (C=O) groups is 1. The van der Waals surface area contributed by atoms with Crippen molar-refractivity contribution >= 4 is 22.8 Å². The van der Waals surface area contributed by atoms with Crippen LogP contribution >= 0.6 is 11.8 Å². The normalized spacial score (nSPS) is 19.4. The first-order valence-electron chi connectivity index (χ1n) is 17.2. The minimum Gasteiger partial charge on any atom is -0.508 e. The lowest BCUT2D eigenvalue weighted by atomic mass is 9.82. The van der Waals surface area contributed by atoms with E-state index in [9.17, 15) is 18.7 Å².